The van der Waals surface area contributed by atoms with Gasteiger partial charge in [-0.3, -0.25) is 13.9 Å². The van der Waals surface area contributed by atoms with Crippen LogP contribution >= 0.6 is 0 Å². The van der Waals surface area contributed by atoms with Crippen LogP contribution in [0.15, 0.2) is 0 Å². The summed E-state index contributed by atoms with van der Waals surface area (Å²) in [7, 11) is -9.78. The van der Waals surface area contributed by atoms with E-state index >= 15 is 0 Å². The molecule has 0 fully saturated rings. The second-order valence-corrected chi connectivity index (χ2v) is 5.73. The van der Waals surface area contributed by atoms with E-state index in [2.05, 4.69) is 4.18 Å². The Bertz CT molecular complexity index is 525. The van der Waals surface area contributed by atoms with E-state index in [9.17, 15) is 31.8 Å². The molecule has 0 aliphatic heterocycles. The van der Waals surface area contributed by atoms with E-state index in [4.69, 9.17) is 14.2 Å². The number of aliphatic hydroxyl groups is 3. The molecule has 6 N–H and O–H groups in total. The smallest absolute Gasteiger partial charge is 0.394 e. The summed E-state index contributed by atoms with van der Waals surface area (Å²) < 4.78 is 62.9. The number of nitrogens with one attached hydrogen (secondary N) is 1. The molecular weight excluding hydrogens is 326 g/mol. The molecule has 0 rings (SSSR count). The van der Waals surface area contributed by atoms with Crippen LogP contribution in [0.25, 0.3) is 0 Å². The first-order chi connectivity index (χ1) is 8.87. The van der Waals surface area contributed by atoms with Crippen molar-refractivity contribution in [1.29, 1.82) is 0 Å². The summed E-state index contributed by atoms with van der Waals surface area (Å²) in [6, 6.07) is -1.97. The van der Waals surface area contributed by atoms with Crippen LogP contribution in [0, 0.1) is 0 Å². The van der Waals surface area contributed by atoms with Crippen molar-refractivity contribution in [3.63, 3.8) is 0 Å². The zero-order valence-electron chi connectivity index (χ0n) is 9.65. The van der Waals surface area contributed by atoms with Crippen LogP contribution in [-0.4, -0.2) is 78.5 Å². The van der Waals surface area contributed by atoms with Crippen molar-refractivity contribution < 1.29 is 50.2 Å². The fraction of sp³-hybridized carbons (Fsp3) is 0.833. The number of ketones is 1. The minimum Gasteiger partial charge on any atom is -0.394 e. The third kappa shape index (κ3) is 7.78. The molecule has 0 saturated heterocycles. The Kier molecular flexibility index (Phi) is 7.08. The van der Waals surface area contributed by atoms with Crippen LogP contribution in [0.4, 0.5) is 0 Å². The van der Waals surface area contributed by atoms with Crippen molar-refractivity contribution >= 4 is 26.5 Å². The quantitative estimate of drug-likeness (QED) is 0.222. The lowest BCUT2D eigenvalue weighted by molar-refractivity contribution is -0.136. The zero-order valence-corrected chi connectivity index (χ0v) is 11.3. The fourth-order valence-corrected chi connectivity index (χ4v) is 1.87. The molecule has 0 aliphatic rings. The summed E-state index contributed by atoms with van der Waals surface area (Å²) in [4.78, 5) is 11.4. The summed E-state index contributed by atoms with van der Waals surface area (Å²) in [6.07, 6.45) is -4.48. The van der Waals surface area contributed by atoms with Crippen LogP contribution in [0.2, 0.25) is 0 Å². The standard InChI is InChI=1S/C6H13NO11S2/c8-1-3(7-19(12,13)14)5(10)6(11)4(9)2-18-20(15,16)17/h3-4,6-9,11H,1-2H2,(H,12,13,14)(H,15,16,17)/t3-,4+,6+/m0/s1. The number of carbonyl (C=O) groups is 1. The van der Waals surface area contributed by atoms with Crippen molar-refractivity contribution in [3.8, 4) is 0 Å². The van der Waals surface area contributed by atoms with Gasteiger partial charge in [-0.05, 0) is 0 Å². The molecule has 0 spiro atoms. The molecule has 12 nitrogen and oxygen atoms in total. The van der Waals surface area contributed by atoms with Gasteiger partial charge < -0.3 is 15.3 Å². The summed E-state index contributed by atoms with van der Waals surface area (Å²) in [6.45, 7) is -2.35. The molecule has 0 radical (unpaired) electrons. The molecule has 20 heavy (non-hydrogen) atoms. The van der Waals surface area contributed by atoms with Crippen molar-refractivity contribution in [1.82, 2.24) is 4.72 Å². The minimum absolute atomic E-state index is 1.15. The maximum Gasteiger partial charge on any atom is 0.397 e. The van der Waals surface area contributed by atoms with Gasteiger partial charge in [0.1, 0.15) is 18.2 Å². The first-order valence-corrected chi connectivity index (χ1v) is 7.55. The number of aliphatic hydroxyl groups excluding tert-OH is 3. The van der Waals surface area contributed by atoms with Crippen LogP contribution < -0.4 is 4.72 Å². The average molecular weight is 339 g/mol. The lowest BCUT2D eigenvalue weighted by Crippen LogP contribution is -2.51. The fourth-order valence-electron chi connectivity index (χ4n) is 1.01. The summed E-state index contributed by atoms with van der Waals surface area (Å²) in [5, 5.41) is 27.2. The van der Waals surface area contributed by atoms with Gasteiger partial charge in [0.05, 0.1) is 13.2 Å². The molecular formula is C6H13NO11S2. The highest BCUT2D eigenvalue weighted by Crippen LogP contribution is 2.03. The lowest BCUT2D eigenvalue weighted by Gasteiger charge is -2.20. The Hall–Kier alpha value is -0.710. The van der Waals surface area contributed by atoms with E-state index in [1.807, 2.05) is 0 Å². The zero-order chi connectivity index (χ0) is 16.1. The topological polar surface area (TPSA) is 208 Å². The van der Waals surface area contributed by atoms with E-state index < -0.39 is 57.9 Å². The molecule has 0 aromatic carbocycles. The van der Waals surface area contributed by atoms with Gasteiger partial charge >= 0.3 is 20.7 Å². The summed E-state index contributed by atoms with van der Waals surface area (Å²) >= 11 is 0. The molecule has 0 aromatic heterocycles. The molecule has 120 valence electrons. The normalized spacial score (nSPS) is 17.4. The lowest BCUT2D eigenvalue weighted by atomic mass is 10.0. The first-order valence-electron chi connectivity index (χ1n) is 4.74. The second-order valence-electron chi connectivity index (χ2n) is 3.45. The first kappa shape index (κ1) is 19.3. The molecule has 0 aliphatic carbocycles. The van der Waals surface area contributed by atoms with Crippen molar-refractivity contribution in [2.75, 3.05) is 13.2 Å². The highest BCUT2D eigenvalue weighted by Gasteiger charge is 2.33. The monoisotopic (exact) mass is 339 g/mol. The maximum absolute atomic E-state index is 11.4. The molecule has 0 bridgehead atoms. The molecule has 0 saturated carbocycles. The number of carbonyl (C=O) groups excluding carboxylic acids is 1. The van der Waals surface area contributed by atoms with Crippen LogP contribution in [-0.2, 0) is 29.7 Å². The number of hydrogen-bond donors (Lipinski definition) is 6. The Balaban J connectivity index is 4.73. The van der Waals surface area contributed by atoms with Gasteiger partial charge in [0, 0.05) is 0 Å². The van der Waals surface area contributed by atoms with Gasteiger partial charge in [-0.25, -0.2) is 4.18 Å². The largest absolute Gasteiger partial charge is 0.397 e. The van der Waals surface area contributed by atoms with Crippen LogP contribution in [0.1, 0.15) is 0 Å². The van der Waals surface area contributed by atoms with Gasteiger partial charge in [-0.1, -0.05) is 0 Å². The van der Waals surface area contributed by atoms with Crippen molar-refractivity contribution in [2.24, 2.45) is 0 Å². The van der Waals surface area contributed by atoms with Crippen LogP contribution in [0.5, 0.6) is 0 Å². The third-order valence-corrected chi connectivity index (χ3v) is 2.88. The Labute approximate surface area is 113 Å². The third-order valence-electron chi connectivity index (χ3n) is 1.86. The van der Waals surface area contributed by atoms with Crippen LogP contribution in [0.3, 0.4) is 0 Å². The molecule has 0 amide bonds. The number of Topliss-reactive ketones (excluding diaryl/α,β-unsaturated/α-hetero) is 1. The average Bonchev–Trinajstić information content (AvgIpc) is 2.29. The van der Waals surface area contributed by atoms with Crippen molar-refractivity contribution in [2.45, 2.75) is 18.2 Å². The van der Waals surface area contributed by atoms with E-state index in [1.54, 1.807) is 0 Å². The van der Waals surface area contributed by atoms with Gasteiger partial charge in [0.15, 0.2) is 5.78 Å². The minimum atomic E-state index is -4.92. The van der Waals surface area contributed by atoms with Gasteiger partial charge in [0.25, 0.3) is 0 Å². The van der Waals surface area contributed by atoms with E-state index in [1.165, 1.54) is 4.72 Å². The maximum atomic E-state index is 11.4. The molecule has 0 heterocycles. The Morgan fingerprint density at radius 3 is 2.00 bits per heavy atom. The van der Waals surface area contributed by atoms with Crippen molar-refractivity contribution in [3.05, 3.63) is 0 Å². The Morgan fingerprint density at radius 2 is 1.65 bits per heavy atom. The molecule has 0 unspecified atom stereocenters. The number of hydrogen-bond acceptors (Lipinski definition) is 9. The SMILES string of the molecule is O=C([C@H](CO)NS(=O)(=O)O)[C@H](O)[C@H](O)COS(=O)(=O)O. The van der Waals surface area contributed by atoms with Gasteiger partial charge in [0.2, 0.25) is 0 Å². The highest BCUT2D eigenvalue weighted by atomic mass is 32.3. The van der Waals surface area contributed by atoms with E-state index in [0.717, 1.165) is 0 Å². The predicted octanol–water partition coefficient (Wildman–Crippen LogP) is -4.15. The Morgan fingerprint density at radius 1 is 1.15 bits per heavy atom. The molecule has 14 heteroatoms. The van der Waals surface area contributed by atoms with E-state index in [0.29, 0.717) is 0 Å². The van der Waals surface area contributed by atoms with Gasteiger partial charge in [-0.2, -0.15) is 21.6 Å². The molecule has 3 atom stereocenters. The predicted molar refractivity (Wildman–Crippen MR) is 60.1 cm³/mol. The van der Waals surface area contributed by atoms with Gasteiger partial charge in [-0.15, -0.1) is 0 Å². The molecule has 0 aromatic rings. The number of rotatable bonds is 9. The highest BCUT2D eigenvalue weighted by molar-refractivity contribution is 7.83. The second kappa shape index (κ2) is 7.34. The summed E-state index contributed by atoms with van der Waals surface area (Å²) in [5.41, 5.74) is 0. The summed E-state index contributed by atoms with van der Waals surface area (Å²) in [5.74, 6) is -1.46. The van der Waals surface area contributed by atoms with E-state index in [-0.39, 0.29) is 0 Å².